The predicted octanol–water partition coefficient (Wildman–Crippen LogP) is 2.86. The molecule has 4 rings (SSSR count). The van der Waals surface area contributed by atoms with Gasteiger partial charge < -0.3 is 36.7 Å². The van der Waals surface area contributed by atoms with Gasteiger partial charge in [-0.05, 0) is 74.5 Å². The summed E-state index contributed by atoms with van der Waals surface area (Å²) in [6, 6.07) is 13.0. The molecule has 1 fully saturated rings. The summed E-state index contributed by atoms with van der Waals surface area (Å²) in [6.45, 7) is 2.89. The van der Waals surface area contributed by atoms with E-state index in [9.17, 15) is 9.59 Å². The van der Waals surface area contributed by atoms with Crippen molar-refractivity contribution in [2.24, 2.45) is 23.1 Å². The molecule has 0 bridgehead atoms. The topological polar surface area (TPSA) is 165 Å². The molecule has 1 aliphatic rings. The van der Waals surface area contributed by atoms with Gasteiger partial charge >= 0.3 is 0 Å². The van der Waals surface area contributed by atoms with Crippen molar-refractivity contribution in [1.82, 2.24) is 9.47 Å². The van der Waals surface area contributed by atoms with Crippen LogP contribution in [0.1, 0.15) is 53.7 Å². The number of nitrogens with zero attached hydrogens (tertiary/aromatic N) is 2. The minimum absolute atomic E-state index is 0.0226. The van der Waals surface area contributed by atoms with Crippen molar-refractivity contribution in [2.75, 3.05) is 38.6 Å². The SMILES string of the molecule is COc1ccc(Cn2c(C(=O)N3CCC(CCN)CC3)cc3ccc(C(=N)N)cc32)cc1NC(=O)CCCN. The smallest absolute Gasteiger partial charge is 0.270 e. The summed E-state index contributed by atoms with van der Waals surface area (Å²) in [5.74, 6) is 0.910. The van der Waals surface area contributed by atoms with E-state index < -0.39 is 0 Å². The first-order valence-corrected chi connectivity index (χ1v) is 13.5. The second-order valence-corrected chi connectivity index (χ2v) is 10.1. The van der Waals surface area contributed by atoms with E-state index >= 15 is 0 Å². The van der Waals surface area contributed by atoms with Crippen molar-refractivity contribution in [1.29, 1.82) is 5.41 Å². The summed E-state index contributed by atoms with van der Waals surface area (Å²) in [5, 5.41) is 11.7. The Hall–Kier alpha value is -3.89. The summed E-state index contributed by atoms with van der Waals surface area (Å²) in [6.07, 6.45) is 3.79. The van der Waals surface area contributed by atoms with E-state index in [1.807, 2.05) is 45.9 Å². The highest BCUT2D eigenvalue weighted by molar-refractivity contribution is 6.02. The fraction of sp³-hybridized carbons (Fsp3) is 0.414. The first kappa shape index (κ1) is 28.1. The number of hydrogen-bond donors (Lipinski definition) is 5. The lowest BCUT2D eigenvalue weighted by atomic mass is 9.93. The van der Waals surface area contributed by atoms with Gasteiger partial charge in [0.15, 0.2) is 0 Å². The molecule has 0 unspecified atom stereocenters. The van der Waals surface area contributed by atoms with E-state index in [0.717, 1.165) is 35.7 Å². The molecule has 1 aliphatic heterocycles. The third kappa shape index (κ3) is 6.58. The van der Waals surface area contributed by atoms with Crippen LogP contribution in [0.5, 0.6) is 5.75 Å². The summed E-state index contributed by atoms with van der Waals surface area (Å²) in [4.78, 5) is 28.1. The number of amides is 2. The Bertz CT molecular complexity index is 1340. The molecule has 1 aromatic heterocycles. The van der Waals surface area contributed by atoms with Gasteiger partial charge in [0.2, 0.25) is 5.91 Å². The highest BCUT2D eigenvalue weighted by Crippen LogP contribution is 2.30. The van der Waals surface area contributed by atoms with Crippen LogP contribution in [0.15, 0.2) is 42.5 Å². The van der Waals surface area contributed by atoms with Gasteiger partial charge in [0, 0.05) is 42.5 Å². The van der Waals surface area contributed by atoms with Crippen LogP contribution in [-0.4, -0.2) is 60.4 Å². The Morgan fingerprint density at radius 1 is 1.08 bits per heavy atom. The van der Waals surface area contributed by atoms with Crippen LogP contribution in [0.3, 0.4) is 0 Å². The number of rotatable bonds is 11. The maximum atomic E-state index is 13.8. The van der Waals surface area contributed by atoms with Crippen LogP contribution in [0, 0.1) is 11.3 Å². The average molecular weight is 534 g/mol. The number of amidine groups is 1. The van der Waals surface area contributed by atoms with Gasteiger partial charge in [-0.3, -0.25) is 15.0 Å². The van der Waals surface area contributed by atoms with Crippen LogP contribution in [-0.2, 0) is 11.3 Å². The molecule has 2 heterocycles. The van der Waals surface area contributed by atoms with Gasteiger partial charge in [-0.1, -0.05) is 18.2 Å². The molecule has 0 atom stereocenters. The molecule has 1 saturated heterocycles. The Morgan fingerprint density at radius 2 is 1.85 bits per heavy atom. The average Bonchev–Trinajstić information content (AvgIpc) is 3.29. The van der Waals surface area contributed by atoms with E-state index in [-0.39, 0.29) is 17.6 Å². The molecule has 10 nitrogen and oxygen atoms in total. The molecular weight excluding hydrogens is 494 g/mol. The van der Waals surface area contributed by atoms with E-state index in [4.69, 9.17) is 27.3 Å². The third-order valence-corrected chi connectivity index (χ3v) is 7.40. The predicted molar refractivity (Wildman–Crippen MR) is 154 cm³/mol. The standard InChI is InChI=1S/C29H39N7O3/c1-39-26-7-4-20(15-23(26)34-27(37)3-2-11-30)18-36-24-17-22(28(32)33)6-5-21(24)16-25(36)29(38)35-13-9-19(8-12-31)10-14-35/h4-7,15-17,19H,2-3,8-14,18,30-31H2,1H3,(H3,32,33)(H,34,37). The first-order valence-electron chi connectivity index (χ1n) is 13.5. The molecule has 2 aromatic carbocycles. The number of likely N-dealkylation sites (tertiary alicyclic amines) is 1. The quantitative estimate of drug-likeness (QED) is 0.188. The number of methoxy groups -OCH3 is 1. The molecule has 208 valence electrons. The number of benzene rings is 2. The Morgan fingerprint density at radius 3 is 2.51 bits per heavy atom. The second-order valence-electron chi connectivity index (χ2n) is 10.1. The van der Waals surface area contributed by atoms with Gasteiger partial charge in [0.05, 0.1) is 12.8 Å². The lowest BCUT2D eigenvalue weighted by molar-refractivity contribution is -0.116. The van der Waals surface area contributed by atoms with E-state index in [2.05, 4.69) is 5.32 Å². The fourth-order valence-corrected chi connectivity index (χ4v) is 5.20. The summed E-state index contributed by atoms with van der Waals surface area (Å²) in [5.41, 5.74) is 20.5. The minimum Gasteiger partial charge on any atom is -0.495 e. The van der Waals surface area contributed by atoms with Crippen LogP contribution < -0.4 is 27.3 Å². The van der Waals surface area contributed by atoms with E-state index in [0.29, 0.717) is 74.2 Å². The number of hydrogen-bond acceptors (Lipinski definition) is 6. The summed E-state index contributed by atoms with van der Waals surface area (Å²) in [7, 11) is 1.56. The molecule has 0 aliphatic carbocycles. The molecule has 3 aromatic rings. The van der Waals surface area contributed by atoms with Crippen LogP contribution in [0.4, 0.5) is 5.69 Å². The van der Waals surface area contributed by atoms with E-state index in [1.165, 1.54) is 0 Å². The number of fused-ring (bicyclic) bond motifs is 1. The molecule has 2 amide bonds. The second kappa shape index (κ2) is 12.8. The largest absolute Gasteiger partial charge is 0.495 e. The Balaban J connectivity index is 1.69. The van der Waals surface area contributed by atoms with Crippen molar-refractivity contribution < 1.29 is 14.3 Å². The van der Waals surface area contributed by atoms with Crippen molar-refractivity contribution >= 4 is 34.2 Å². The van der Waals surface area contributed by atoms with Crippen molar-refractivity contribution in [2.45, 2.75) is 38.6 Å². The summed E-state index contributed by atoms with van der Waals surface area (Å²) >= 11 is 0. The number of piperidine rings is 1. The molecular formula is C29H39N7O3. The molecule has 0 spiro atoms. The van der Waals surface area contributed by atoms with Gasteiger partial charge in [0.1, 0.15) is 17.3 Å². The number of carbonyl (C=O) groups excluding carboxylic acids is 2. The Labute approximate surface area is 229 Å². The summed E-state index contributed by atoms with van der Waals surface area (Å²) < 4.78 is 7.44. The van der Waals surface area contributed by atoms with Gasteiger partial charge in [-0.2, -0.15) is 0 Å². The maximum Gasteiger partial charge on any atom is 0.270 e. The highest BCUT2D eigenvalue weighted by Gasteiger charge is 2.26. The molecule has 10 heteroatoms. The molecule has 8 N–H and O–H groups in total. The minimum atomic E-state index is -0.137. The first-order chi connectivity index (χ1) is 18.8. The lowest BCUT2D eigenvalue weighted by Gasteiger charge is -2.32. The van der Waals surface area contributed by atoms with Crippen molar-refractivity contribution in [3.05, 3.63) is 59.3 Å². The van der Waals surface area contributed by atoms with E-state index in [1.54, 1.807) is 13.2 Å². The molecule has 0 radical (unpaired) electrons. The molecule has 39 heavy (non-hydrogen) atoms. The van der Waals surface area contributed by atoms with Crippen LogP contribution in [0.25, 0.3) is 10.9 Å². The Kier molecular flexibility index (Phi) is 9.21. The van der Waals surface area contributed by atoms with Gasteiger partial charge in [0.25, 0.3) is 5.91 Å². The monoisotopic (exact) mass is 533 g/mol. The van der Waals surface area contributed by atoms with Gasteiger partial charge in [-0.25, -0.2) is 0 Å². The molecule has 0 saturated carbocycles. The zero-order valence-electron chi connectivity index (χ0n) is 22.5. The van der Waals surface area contributed by atoms with Crippen molar-refractivity contribution in [3.63, 3.8) is 0 Å². The lowest BCUT2D eigenvalue weighted by Crippen LogP contribution is -2.39. The van der Waals surface area contributed by atoms with Gasteiger partial charge in [-0.15, -0.1) is 0 Å². The number of nitrogens with one attached hydrogen (secondary N) is 2. The third-order valence-electron chi connectivity index (χ3n) is 7.40. The fourth-order valence-electron chi connectivity index (χ4n) is 5.20. The van der Waals surface area contributed by atoms with Crippen LogP contribution >= 0.6 is 0 Å². The zero-order valence-corrected chi connectivity index (χ0v) is 22.5. The highest BCUT2D eigenvalue weighted by atomic mass is 16.5. The number of nitrogen functional groups attached to an aromatic ring is 1. The number of ether oxygens (including phenoxy) is 1. The van der Waals surface area contributed by atoms with Crippen molar-refractivity contribution in [3.8, 4) is 5.75 Å². The normalized spacial score (nSPS) is 14.0. The van der Waals surface area contributed by atoms with Crippen LogP contribution in [0.2, 0.25) is 0 Å². The zero-order chi connectivity index (χ0) is 27.9. The number of carbonyl (C=O) groups is 2. The number of anilines is 1. The maximum absolute atomic E-state index is 13.8. The number of aromatic nitrogens is 1. The number of nitrogens with two attached hydrogens (primary N) is 3.